The smallest absolute Gasteiger partial charge is 0.197 e. The Bertz CT molecular complexity index is 543. The highest BCUT2D eigenvalue weighted by molar-refractivity contribution is 7.86. The summed E-state index contributed by atoms with van der Waals surface area (Å²) in [4.78, 5) is 0. The molecule has 1 rings (SSSR count). The van der Waals surface area contributed by atoms with Crippen molar-refractivity contribution in [1.82, 2.24) is 0 Å². The van der Waals surface area contributed by atoms with Gasteiger partial charge in [-0.3, -0.25) is 0 Å². The zero-order valence-corrected chi connectivity index (χ0v) is 9.56. The van der Waals surface area contributed by atoms with Gasteiger partial charge in [0.25, 0.3) is 0 Å². The molecule has 0 saturated carbocycles. The summed E-state index contributed by atoms with van der Waals surface area (Å²) in [5, 5.41) is 17.5. The first-order valence-corrected chi connectivity index (χ1v) is 6.29. The molecule has 17 heavy (non-hydrogen) atoms. The van der Waals surface area contributed by atoms with E-state index in [0.717, 1.165) is 0 Å². The van der Waals surface area contributed by atoms with Crippen LogP contribution in [-0.4, -0.2) is 14.2 Å². The number of hydrogen-bond acceptors (Lipinski definition) is 4. The molecular weight excluding hydrogens is 243 g/mol. The summed E-state index contributed by atoms with van der Waals surface area (Å²) >= 11 is 0. The van der Waals surface area contributed by atoms with Crippen molar-refractivity contribution < 1.29 is 12.3 Å². The number of halogens is 1. The van der Waals surface area contributed by atoms with Crippen molar-refractivity contribution in [3.8, 4) is 12.1 Å². The van der Waals surface area contributed by atoms with Crippen molar-refractivity contribution in [2.75, 3.05) is 5.75 Å². The lowest BCUT2D eigenvalue weighted by Crippen LogP contribution is -2.18. The van der Waals surface area contributed by atoms with Gasteiger partial charge in [0.05, 0.1) is 17.9 Å². The van der Waals surface area contributed by atoms with Gasteiger partial charge in [0, 0.05) is 5.92 Å². The Labute approximate surface area is 99.1 Å². The fourth-order valence-corrected chi connectivity index (χ4v) is 2.32. The Kier molecular flexibility index (Phi) is 4.19. The Hall–Kier alpha value is -1.92. The summed E-state index contributed by atoms with van der Waals surface area (Å²) in [6.07, 6.45) is 0. The predicted molar refractivity (Wildman–Crippen MR) is 58.8 cm³/mol. The topological polar surface area (TPSA) is 81.7 Å². The molecule has 0 heterocycles. The maximum Gasteiger partial charge on any atom is 0.303 e. The summed E-state index contributed by atoms with van der Waals surface area (Å²) in [6.45, 7) is 0. The lowest BCUT2D eigenvalue weighted by atomic mass is 9.89. The van der Waals surface area contributed by atoms with Gasteiger partial charge in [-0.05, 0) is 5.56 Å². The van der Waals surface area contributed by atoms with Crippen LogP contribution < -0.4 is 0 Å². The molecule has 0 amide bonds. The highest BCUT2D eigenvalue weighted by Crippen LogP contribution is 2.26. The quantitative estimate of drug-likeness (QED) is 0.764. The van der Waals surface area contributed by atoms with Crippen LogP contribution in [0.5, 0.6) is 0 Å². The van der Waals surface area contributed by atoms with Crippen molar-refractivity contribution in [3.63, 3.8) is 0 Å². The number of hydrogen-bond donors (Lipinski definition) is 0. The maximum atomic E-state index is 12.7. The zero-order chi connectivity index (χ0) is 12.9. The van der Waals surface area contributed by atoms with Gasteiger partial charge in [0.1, 0.15) is 5.92 Å². The molecule has 0 aliphatic carbocycles. The minimum absolute atomic E-state index is 0.460. The van der Waals surface area contributed by atoms with Crippen LogP contribution in [0.25, 0.3) is 0 Å². The van der Waals surface area contributed by atoms with Crippen LogP contribution in [0.15, 0.2) is 30.3 Å². The molecule has 1 atom stereocenters. The van der Waals surface area contributed by atoms with E-state index < -0.39 is 27.8 Å². The first kappa shape index (κ1) is 13.1. The molecule has 0 saturated heterocycles. The molecule has 0 N–H and O–H groups in total. The molecular formula is C11H9FN2O2S. The Morgan fingerprint density at radius 1 is 1.18 bits per heavy atom. The molecule has 0 spiro atoms. The van der Waals surface area contributed by atoms with Gasteiger partial charge >= 0.3 is 10.2 Å². The second-order valence-corrected chi connectivity index (χ2v) is 4.87. The fourth-order valence-electron chi connectivity index (χ4n) is 1.51. The van der Waals surface area contributed by atoms with Crippen LogP contribution in [0, 0.1) is 28.6 Å². The number of nitrogens with zero attached hydrogens (tertiary/aromatic N) is 2. The van der Waals surface area contributed by atoms with Gasteiger partial charge in [-0.25, -0.2) is 0 Å². The molecule has 1 aromatic rings. The second kappa shape index (κ2) is 5.42. The summed E-state index contributed by atoms with van der Waals surface area (Å²) in [5.74, 6) is -3.02. The van der Waals surface area contributed by atoms with Gasteiger partial charge in [0.15, 0.2) is 0 Å². The molecule has 0 aliphatic rings. The highest BCUT2D eigenvalue weighted by atomic mass is 32.3. The molecule has 0 radical (unpaired) electrons. The minimum Gasteiger partial charge on any atom is -0.197 e. The summed E-state index contributed by atoms with van der Waals surface area (Å²) in [5.41, 5.74) is 0.460. The molecule has 0 aliphatic heterocycles. The molecule has 4 nitrogen and oxygen atoms in total. The van der Waals surface area contributed by atoms with E-state index in [0.29, 0.717) is 5.56 Å². The van der Waals surface area contributed by atoms with Crippen molar-refractivity contribution in [2.45, 2.75) is 5.92 Å². The van der Waals surface area contributed by atoms with E-state index in [4.69, 9.17) is 10.5 Å². The SMILES string of the molecule is N#CC(C#N)C(CS(=O)(=O)F)c1ccccc1. The van der Waals surface area contributed by atoms with E-state index in [-0.39, 0.29) is 0 Å². The summed E-state index contributed by atoms with van der Waals surface area (Å²) < 4.78 is 34.0. The molecule has 1 aromatic carbocycles. The van der Waals surface area contributed by atoms with E-state index in [2.05, 4.69) is 0 Å². The van der Waals surface area contributed by atoms with E-state index >= 15 is 0 Å². The second-order valence-electron chi connectivity index (χ2n) is 3.46. The van der Waals surface area contributed by atoms with Crippen LogP contribution in [0.1, 0.15) is 11.5 Å². The van der Waals surface area contributed by atoms with Gasteiger partial charge in [-0.2, -0.15) is 18.9 Å². The lowest BCUT2D eigenvalue weighted by molar-refractivity contribution is 0.536. The number of nitriles is 2. The van der Waals surface area contributed by atoms with E-state index in [1.54, 1.807) is 42.5 Å². The lowest BCUT2D eigenvalue weighted by Gasteiger charge is -2.15. The highest BCUT2D eigenvalue weighted by Gasteiger charge is 2.28. The maximum absolute atomic E-state index is 12.7. The first-order valence-electron chi connectivity index (χ1n) is 4.74. The molecule has 88 valence electrons. The van der Waals surface area contributed by atoms with Gasteiger partial charge < -0.3 is 0 Å². The van der Waals surface area contributed by atoms with Crippen LogP contribution in [0.2, 0.25) is 0 Å². The van der Waals surface area contributed by atoms with Crippen LogP contribution >= 0.6 is 0 Å². The van der Waals surface area contributed by atoms with Crippen LogP contribution in [0.3, 0.4) is 0 Å². The Morgan fingerprint density at radius 3 is 2.12 bits per heavy atom. The fraction of sp³-hybridized carbons (Fsp3) is 0.273. The minimum atomic E-state index is -4.74. The van der Waals surface area contributed by atoms with Crippen LogP contribution in [0.4, 0.5) is 3.89 Å². The molecule has 6 heteroatoms. The standard InChI is InChI=1S/C11H9FN2O2S/c12-17(15,16)8-11(10(6-13)7-14)9-4-2-1-3-5-9/h1-5,10-11H,8H2. The number of rotatable bonds is 4. The molecule has 0 bridgehead atoms. The average Bonchev–Trinajstić information content (AvgIpc) is 2.29. The van der Waals surface area contributed by atoms with Gasteiger partial charge in [-0.15, -0.1) is 3.89 Å². The number of benzene rings is 1. The van der Waals surface area contributed by atoms with Gasteiger partial charge in [-0.1, -0.05) is 30.3 Å². The van der Waals surface area contributed by atoms with Crippen molar-refractivity contribution >= 4 is 10.2 Å². The third-order valence-electron chi connectivity index (χ3n) is 2.29. The third-order valence-corrected chi connectivity index (χ3v) is 3.04. The zero-order valence-electron chi connectivity index (χ0n) is 8.75. The predicted octanol–water partition coefficient (Wildman–Crippen LogP) is 1.73. The normalized spacial score (nSPS) is 12.7. The van der Waals surface area contributed by atoms with Crippen molar-refractivity contribution in [2.24, 2.45) is 5.92 Å². The molecule has 0 aromatic heterocycles. The van der Waals surface area contributed by atoms with Crippen LogP contribution in [-0.2, 0) is 10.2 Å². The van der Waals surface area contributed by atoms with E-state index in [9.17, 15) is 12.3 Å². The van der Waals surface area contributed by atoms with E-state index in [1.165, 1.54) is 0 Å². The average molecular weight is 252 g/mol. The third kappa shape index (κ3) is 3.86. The monoisotopic (exact) mass is 252 g/mol. The largest absolute Gasteiger partial charge is 0.303 e. The van der Waals surface area contributed by atoms with Crippen molar-refractivity contribution in [1.29, 1.82) is 10.5 Å². The summed E-state index contributed by atoms with van der Waals surface area (Å²) in [6, 6.07) is 11.5. The van der Waals surface area contributed by atoms with E-state index in [1.807, 2.05) is 0 Å². The Balaban J connectivity index is 3.13. The molecule has 1 unspecified atom stereocenters. The summed E-state index contributed by atoms with van der Waals surface area (Å²) in [7, 11) is -4.74. The first-order chi connectivity index (χ1) is 7.98. The van der Waals surface area contributed by atoms with Gasteiger partial charge in [0.2, 0.25) is 0 Å². The van der Waals surface area contributed by atoms with Crippen molar-refractivity contribution in [3.05, 3.63) is 35.9 Å². The Morgan fingerprint density at radius 2 is 1.71 bits per heavy atom. The molecule has 0 fully saturated rings.